The summed E-state index contributed by atoms with van der Waals surface area (Å²) >= 11 is 0. The molecule has 0 bridgehead atoms. The fourth-order valence-corrected chi connectivity index (χ4v) is 1.57. The number of unbranched alkanes of at least 4 members (excludes halogenated alkanes) is 4. The zero-order valence-electron chi connectivity index (χ0n) is 10.5. The van der Waals surface area contributed by atoms with Gasteiger partial charge in [0.15, 0.2) is 0 Å². The van der Waals surface area contributed by atoms with E-state index in [0.29, 0.717) is 12.4 Å². The zero-order valence-corrected chi connectivity index (χ0v) is 10.5. The van der Waals surface area contributed by atoms with Gasteiger partial charge in [-0.05, 0) is 13.0 Å². The Morgan fingerprint density at radius 2 is 1.75 bits per heavy atom. The Bertz CT molecular complexity index is 273. The lowest BCUT2D eigenvalue weighted by Crippen LogP contribution is -2.11. The lowest BCUT2D eigenvalue weighted by molar-refractivity contribution is 0.427. The maximum Gasteiger partial charge on any atom is 0.230 e. The molecule has 4 heteroatoms. The first-order valence-corrected chi connectivity index (χ1v) is 6.38. The fourth-order valence-electron chi connectivity index (χ4n) is 1.57. The van der Waals surface area contributed by atoms with Crippen molar-refractivity contribution in [3.63, 3.8) is 0 Å². The predicted molar refractivity (Wildman–Crippen MR) is 64.1 cm³/mol. The van der Waals surface area contributed by atoms with Crippen LogP contribution in [0.15, 0.2) is 4.42 Å². The Kier molecular flexibility index (Phi) is 6.81. The van der Waals surface area contributed by atoms with E-state index in [9.17, 15) is 0 Å². The van der Waals surface area contributed by atoms with Crippen LogP contribution in [0, 0.1) is 0 Å². The largest absolute Gasteiger partial charge is 0.424 e. The molecule has 0 unspecified atom stereocenters. The molecule has 0 atom stereocenters. The molecular weight excluding hydrogens is 202 g/mol. The third-order valence-corrected chi connectivity index (χ3v) is 2.53. The van der Waals surface area contributed by atoms with Crippen molar-refractivity contribution in [3.8, 4) is 0 Å². The van der Waals surface area contributed by atoms with Crippen LogP contribution in [-0.4, -0.2) is 16.7 Å². The third-order valence-electron chi connectivity index (χ3n) is 2.53. The molecule has 0 aromatic carbocycles. The number of nitrogens with one attached hydrogen (secondary N) is 1. The maximum atomic E-state index is 5.51. The van der Waals surface area contributed by atoms with E-state index in [2.05, 4.69) is 29.4 Å². The first kappa shape index (κ1) is 13.2. The van der Waals surface area contributed by atoms with Crippen LogP contribution < -0.4 is 5.32 Å². The number of hydrogen-bond donors (Lipinski definition) is 1. The van der Waals surface area contributed by atoms with Gasteiger partial charge < -0.3 is 9.73 Å². The Morgan fingerprint density at radius 3 is 2.50 bits per heavy atom. The Balaban J connectivity index is 2.14. The molecule has 0 amide bonds. The van der Waals surface area contributed by atoms with E-state index in [4.69, 9.17) is 4.42 Å². The lowest BCUT2D eigenvalue weighted by Gasteiger charge is -1.97. The van der Waals surface area contributed by atoms with Crippen LogP contribution in [0.1, 0.15) is 57.7 Å². The molecule has 1 aromatic rings. The summed E-state index contributed by atoms with van der Waals surface area (Å²) < 4.78 is 5.51. The SMILES string of the molecule is CCCCCCCc1nnc(CNCC)o1. The summed E-state index contributed by atoms with van der Waals surface area (Å²) in [7, 11) is 0. The second-order valence-electron chi connectivity index (χ2n) is 4.03. The van der Waals surface area contributed by atoms with Gasteiger partial charge in [0.05, 0.1) is 6.54 Å². The van der Waals surface area contributed by atoms with Crippen LogP contribution >= 0.6 is 0 Å². The fraction of sp³-hybridized carbons (Fsp3) is 0.833. The van der Waals surface area contributed by atoms with E-state index >= 15 is 0 Å². The molecule has 0 aliphatic carbocycles. The number of hydrogen-bond acceptors (Lipinski definition) is 4. The van der Waals surface area contributed by atoms with Gasteiger partial charge in [-0.2, -0.15) is 0 Å². The summed E-state index contributed by atoms with van der Waals surface area (Å²) in [5, 5.41) is 11.2. The van der Waals surface area contributed by atoms with E-state index in [0.717, 1.165) is 25.3 Å². The standard InChI is InChI=1S/C12H23N3O/c1-3-5-6-7-8-9-11-14-15-12(16-11)10-13-4-2/h13H,3-10H2,1-2H3. The molecule has 4 nitrogen and oxygen atoms in total. The van der Waals surface area contributed by atoms with Crippen molar-refractivity contribution in [1.29, 1.82) is 0 Å². The Hall–Kier alpha value is -0.900. The van der Waals surface area contributed by atoms with Crippen LogP contribution in [0.3, 0.4) is 0 Å². The Labute approximate surface area is 97.8 Å². The summed E-state index contributed by atoms with van der Waals surface area (Å²) in [4.78, 5) is 0. The van der Waals surface area contributed by atoms with E-state index in [1.165, 1.54) is 25.7 Å². The predicted octanol–water partition coefficient (Wildman–Crippen LogP) is 2.69. The van der Waals surface area contributed by atoms with Crippen molar-refractivity contribution in [3.05, 3.63) is 11.8 Å². The quantitative estimate of drug-likeness (QED) is 0.656. The summed E-state index contributed by atoms with van der Waals surface area (Å²) in [6.45, 7) is 5.89. The van der Waals surface area contributed by atoms with Gasteiger partial charge in [-0.3, -0.25) is 0 Å². The molecule has 1 aromatic heterocycles. The highest BCUT2D eigenvalue weighted by atomic mass is 16.4. The third kappa shape index (κ3) is 5.26. The molecular formula is C12H23N3O. The van der Waals surface area contributed by atoms with Crippen LogP contribution in [0.5, 0.6) is 0 Å². The zero-order chi connectivity index (χ0) is 11.6. The number of nitrogens with zero attached hydrogens (tertiary/aromatic N) is 2. The number of aromatic nitrogens is 2. The first-order valence-electron chi connectivity index (χ1n) is 6.38. The highest BCUT2D eigenvalue weighted by Gasteiger charge is 2.04. The van der Waals surface area contributed by atoms with E-state index in [-0.39, 0.29) is 0 Å². The molecule has 0 spiro atoms. The Morgan fingerprint density at radius 1 is 1.00 bits per heavy atom. The lowest BCUT2D eigenvalue weighted by atomic mass is 10.1. The minimum Gasteiger partial charge on any atom is -0.424 e. The van der Waals surface area contributed by atoms with Gasteiger partial charge in [0.2, 0.25) is 11.8 Å². The van der Waals surface area contributed by atoms with Crippen molar-refractivity contribution >= 4 is 0 Å². The minimum absolute atomic E-state index is 0.680. The normalized spacial score (nSPS) is 10.9. The first-order chi connectivity index (χ1) is 7.86. The molecule has 0 saturated carbocycles. The van der Waals surface area contributed by atoms with Gasteiger partial charge in [-0.1, -0.05) is 39.5 Å². The molecule has 1 N–H and O–H groups in total. The smallest absolute Gasteiger partial charge is 0.230 e. The summed E-state index contributed by atoms with van der Waals surface area (Å²) in [6.07, 6.45) is 7.27. The average Bonchev–Trinajstić information content (AvgIpc) is 2.74. The molecule has 0 aliphatic rings. The monoisotopic (exact) mass is 225 g/mol. The summed E-state index contributed by atoms with van der Waals surface area (Å²) in [5.74, 6) is 1.48. The molecule has 1 heterocycles. The second kappa shape index (κ2) is 8.28. The van der Waals surface area contributed by atoms with E-state index < -0.39 is 0 Å². The van der Waals surface area contributed by atoms with Crippen molar-refractivity contribution < 1.29 is 4.42 Å². The molecule has 0 radical (unpaired) electrons. The molecule has 0 aliphatic heterocycles. The van der Waals surface area contributed by atoms with Crippen LogP contribution in [0.2, 0.25) is 0 Å². The summed E-state index contributed by atoms with van der Waals surface area (Å²) in [6, 6.07) is 0. The summed E-state index contributed by atoms with van der Waals surface area (Å²) in [5.41, 5.74) is 0. The van der Waals surface area contributed by atoms with Crippen molar-refractivity contribution in [2.24, 2.45) is 0 Å². The van der Waals surface area contributed by atoms with Gasteiger partial charge in [-0.25, -0.2) is 0 Å². The molecule has 1 rings (SSSR count). The van der Waals surface area contributed by atoms with Gasteiger partial charge in [-0.15, -0.1) is 10.2 Å². The van der Waals surface area contributed by atoms with Crippen molar-refractivity contribution in [1.82, 2.24) is 15.5 Å². The highest BCUT2D eigenvalue weighted by molar-refractivity contribution is 4.81. The van der Waals surface area contributed by atoms with Crippen LogP contribution in [0.4, 0.5) is 0 Å². The molecule has 92 valence electrons. The highest BCUT2D eigenvalue weighted by Crippen LogP contribution is 2.08. The van der Waals surface area contributed by atoms with Crippen molar-refractivity contribution in [2.75, 3.05) is 6.54 Å². The molecule has 0 saturated heterocycles. The van der Waals surface area contributed by atoms with E-state index in [1.54, 1.807) is 0 Å². The topological polar surface area (TPSA) is 51.0 Å². The van der Waals surface area contributed by atoms with Gasteiger partial charge in [0.25, 0.3) is 0 Å². The minimum atomic E-state index is 0.680. The van der Waals surface area contributed by atoms with Gasteiger partial charge in [0, 0.05) is 6.42 Å². The van der Waals surface area contributed by atoms with Crippen molar-refractivity contribution in [2.45, 2.75) is 58.9 Å². The second-order valence-corrected chi connectivity index (χ2v) is 4.03. The van der Waals surface area contributed by atoms with Gasteiger partial charge >= 0.3 is 0 Å². The van der Waals surface area contributed by atoms with Crippen LogP contribution in [0.25, 0.3) is 0 Å². The molecule has 16 heavy (non-hydrogen) atoms. The van der Waals surface area contributed by atoms with Crippen LogP contribution in [-0.2, 0) is 13.0 Å². The van der Waals surface area contributed by atoms with E-state index in [1.807, 2.05) is 0 Å². The number of rotatable bonds is 9. The molecule has 0 fully saturated rings. The number of aryl methyl sites for hydroxylation is 1. The van der Waals surface area contributed by atoms with Gasteiger partial charge in [0.1, 0.15) is 0 Å². The maximum absolute atomic E-state index is 5.51. The average molecular weight is 225 g/mol.